The first-order chi connectivity index (χ1) is 11.1. The number of amides is 1. The highest BCUT2D eigenvalue weighted by molar-refractivity contribution is 5.90. The van der Waals surface area contributed by atoms with Gasteiger partial charge < -0.3 is 19.9 Å². The van der Waals surface area contributed by atoms with Crippen molar-refractivity contribution in [1.82, 2.24) is 0 Å². The number of benzene rings is 1. The van der Waals surface area contributed by atoms with E-state index in [-0.39, 0.29) is 12.5 Å². The molecule has 0 atom stereocenters. The molecule has 1 aromatic rings. The summed E-state index contributed by atoms with van der Waals surface area (Å²) in [5.74, 6) is 0.121. The first kappa shape index (κ1) is 17.3. The number of nitrogens with one attached hydrogen (secondary N) is 1. The molecule has 2 rings (SSSR count). The average molecular weight is 321 g/mol. The Kier molecular flexibility index (Phi) is 6.87. The van der Waals surface area contributed by atoms with Crippen LogP contribution in [0.25, 0.3) is 0 Å². The van der Waals surface area contributed by atoms with Crippen molar-refractivity contribution in [2.75, 3.05) is 25.1 Å². The molecular weight excluding hydrogens is 298 g/mol. The maximum absolute atomic E-state index is 11.9. The third-order valence-electron chi connectivity index (χ3n) is 3.86. The van der Waals surface area contributed by atoms with Gasteiger partial charge in [0.25, 0.3) is 0 Å². The number of aliphatic carboxylic acids is 1. The van der Waals surface area contributed by atoms with Gasteiger partial charge in [-0.25, -0.2) is 4.79 Å². The van der Waals surface area contributed by atoms with Crippen molar-refractivity contribution in [3.63, 3.8) is 0 Å². The lowest BCUT2D eigenvalue weighted by Gasteiger charge is -2.21. The molecule has 0 bridgehead atoms. The zero-order chi connectivity index (χ0) is 16.5. The van der Waals surface area contributed by atoms with Crippen LogP contribution < -0.4 is 10.1 Å². The number of hydrogen-bond donors (Lipinski definition) is 2. The van der Waals surface area contributed by atoms with E-state index in [4.69, 9.17) is 14.6 Å². The maximum Gasteiger partial charge on any atom is 0.341 e. The first-order valence-corrected chi connectivity index (χ1v) is 7.96. The highest BCUT2D eigenvalue weighted by Crippen LogP contribution is 2.21. The largest absolute Gasteiger partial charge is 0.482 e. The van der Waals surface area contributed by atoms with Crippen molar-refractivity contribution in [1.29, 1.82) is 0 Å². The summed E-state index contributed by atoms with van der Waals surface area (Å²) in [6, 6.07) is 6.68. The molecular formula is C17H23NO5. The molecule has 126 valence electrons. The summed E-state index contributed by atoms with van der Waals surface area (Å²) in [6.07, 6.45) is 4.66. The van der Waals surface area contributed by atoms with Gasteiger partial charge in [-0.2, -0.15) is 0 Å². The molecule has 0 aromatic heterocycles. The minimum atomic E-state index is -1.02. The van der Waals surface area contributed by atoms with E-state index in [0.29, 0.717) is 23.8 Å². The van der Waals surface area contributed by atoms with Crippen LogP contribution in [0, 0.1) is 5.92 Å². The smallest absolute Gasteiger partial charge is 0.341 e. The van der Waals surface area contributed by atoms with Gasteiger partial charge in [-0.15, -0.1) is 0 Å². The molecule has 1 heterocycles. The van der Waals surface area contributed by atoms with Crippen molar-refractivity contribution in [3.05, 3.63) is 24.3 Å². The van der Waals surface area contributed by atoms with Crippen LogP contribution in [0.3, 0.4) is 0 Å². The van der Waals surface area contributed by atoms with Gasteiger partial charge in [-0.3, -0.25) is 4.79 Å². The van der Waals surface area contributed by atoms with Crippen LogP contribution in [0.2, 0.25) is 0 Å². The van der Waals surface area contributed by atoms with Crippen molar-refractivity contribution >= 4 is 17.6 Å². The van der Waals surface area contributed by atoms with E-state index in [0.717, 1.165) is 38.9 Å². The predicted molar refractivity (Wildman–Crippen MR) is 85.6 cm³/mol. The summed E-state index contributed by atoms with van der Waals surface area (Å²) in [6.45, 7) is 1.30. The van der Waals surface area contributed by atoms with Crippen molar-refractivity contribution in [2.24, 2.45) is 5.92 Å². The lowest BCUT2D eigenvalue weighted by Crippen LogP contribution is -2.17. The van der Waals surface area contributed by atoms with E-state index < -0.39 is 5.97 Å². The highest BCUT2D eigenvalue weighted by Gasteiger charge is 2.14. The van der Waals surface area contributed by atoms with E-state index in [1.165, 1.54) is 0 Å². The second kappa shape index (κ2) is 9.15. The summed E-state index contributed by atoms with van der Waals surface area (Å²) in [7, 11) is 0. The monoisotopic (exact) mass is 321 g/mol. The number of carbonyl (C=O) groups is 2. The number of anilines is 1. The Bertz CT molecular complexity index is 508. The normalized spacial score (nSPS) is 15.1. The number of carboxylic acids is 1. The predicted octanol–water partition coefficient (Wildman–Crippen LogP) is 2.69. The molecule has 1 fully saturated rings. The van der Waals surface area contributed by atoms with Crippen molar-refractivity contribution in [3.8, 4) is 5.75 Å². The average Bonchev–Trinajstić information content (AvgIpc) is 2.55. The first-order valence-electron chi connectivity index (χ1n) is 7.96. The second-order valence-electron chi connectivity index (χ2n) is 5.70. The Morgan fingerprint density at radius 2 is 1.91 bits per heavy atom. The summed E-state index contributed by atoms with van der Waals surface area (Å²) in [5.41, 5.74) is 0.684. The molecule has 23 heavy (non-hydrogen) atoms. The molecule has 0 spiro atoms. The standard InChI is InChI=1S/C17H23NO5/c19-16(3-1-2-13-8-10-22-11-9-13)18-14-4-6-15(7-5-14)23-12-17(20)21/h4-7,13H,1-3,8-12H2,(H,18,19)(H,20,21). The van der Waals surface area contributed by atoms with Crippen LogP contribution in [0.15, 0.2) is 24.3 Å². The summed E-state index contributed by atoms with van der Waals surface area (Å²) in [5, 5.41) is 11.4. The zero-order valence-corrected chi connectivity index (χ0v) is 13.1. The minimum Gasteiger partial charge on any atom is -0.482 e. The van der Waals surface area contributed by atoms with Gasteiger partial charge in [0.2, 0.25) is 5.91 Å². The van der Waals surface area contributed by atoms with Crippen LogP contribution in [0.5, 0.6) is 5.75 Å². The SMILES string of the molecule is O=C(O)COc1ccc(NC(=O)CCCC2CCOCC2)cc1. The van der Waals surface area contributed by atoms with Gasteiger partial charge in [0.05, 0.1) is 0 Å². The van der Waals surface area contributed by atoms with Crippen LogP contribution >= 0.6 is 0 Å². The lowest BCUT2D eigenvalue weighted by atomic mass is 9.94. The lowest BCUT2D eigenvalue weighted by molar-refractivity contribution is -0.139. The quantitative estimate of drug-likeness (QED) is 0.769. The molecule has 1 aliphatic heterocycles. The fourth-order valence-electron chi connectivity index (χ4n) is 2.59. The van der Waals surface area contributed by atoms with Crippen LogP contribution in [-0.2, 0) is 14.3 Å². The molecule has 6 nitrogen and oxygen atoms in total. The Morgan fingerprint density at radius 1 is 1.22 bits per heavy atom. The summed E-state index contributed by atoms with van der Waals surface area (Å²) < 4.78 is 10.4. The molecule has 0 unspecified atom stereocenters. The van der Waals surface area contributed by atoms with Crippen molar-refractivity contribution < 1.29 is 24.2 Å². The topological polar surface area (TPSA) is 84.9 Å². The van der Waals surface area contributed by atoms with Gasteiger partial charge in [-0.1, -0.05) is 0 Å². The van der Waals surface area contributed by atoms with Gasteiger partial charge in [0.1, 0.15) is 5.75 Å². The molecule has 2 N–H and O–H groups in total. The molecule has 1 aromatic carbocycles. The molecule has 0 saturated carbocycles. The molecule has 0 radical (unpaired) electrons. The molecule has 1 amide bonds. The van der Waals surface area contributed by atoms with E-state index >= 15 is 0 Å². The van der Waals surface area contributed by atoms with Gasteiger partial charge >= 0.3 is 5.97 Å². The van der Waals surface area contributed by atoms with E-state index in [2.05, 4.69) is 5.32 Å². The number of carboxylic acid groups (broad SMARTS) is 1. The fraction of sp³-hybridized carbons (Fsp3) is 0.529. The second-order valence-corrected chi connectivity index (χ2v) is 5.70. The van der Waals surface area contributed by atoms with Gasteiger partial charge in [0, 0.05) is 25.3 Å². The molecule has 1 aliphatic rings. The fourth-order valence-corrected chi connectivity index (χ4v) is 2.59. The number of ether oxygens (including phenoxy) is 2. The summed E-state index contributed by atoms with van der Waals surface area (Å²) >= 11 is 0. The molecule has 0 aliphatic carbocycles. The Labute approximate surface area is 135 Å². The summed E-state index contributed by atoms with van der Waals surface area (Å²) in [4.78, 5) is 22.3. The molecule has 1 saturated heterocycles. The zero-order valence-electron chi connectivity index (χ0n) is 13.1. The maximum atomic E-state index is 11.9. The van der Waals surface area contributed by atoms with Crippen LogP contribution in [0.4, 0.5) is 5.69 Å². The van der Waals surface area contributed by atoms with Crippen molar-refractivity contribution in [2.45, 2.75) is 32.1 Å². The minimum absolute atomic E-state index is 0.00346. The van der Waals surface area contributed by atoms with E-state index in [1.807, 2.05) is 0 Å². The number of carbonyl (C=O) groups excluding carboxylic acids is 1. The molecule has 6 heteroatoms. The van der Waals surface area contributed by atoms with Crippen LogP contribution in [-0.4, -0.2) is 36.8 Å². The Balaban J connectivity index is 1.66. The van der Waals surface area contributed by atoms with Gasteiger partial charge in [-0.05, 0) is 55.9 Å². The number of rotatable bonds is 8. The van der Waals surface area contributed by atoms with Crippen LogP contribution in [0.1, 0.15) is 32.1 Å². The van der Waals surface area contributed by atoms with E-state index in [9.17, 15) is 9.59 Å². The Hall–Kier alpha value is -2.08. The number of hydrogen-bond acceptors (Lipinski definition) is 4. The third-order valence-corrected chi connectivity index (χ3v) is 3.86. The van der Waals surface area contributed by atoms with E-state index in [1.54, 1.807) is 24.3 Å². The Morgan fingerprint density at radius 3 is 2.57 bits per heavy atom. The highest BCUT2D eigenvalue weighted by atomic mass is 16.5. The third kappa shape index (κ3) is 6.69. The van der Waals surface area contributed by atoms with Gasteiger partial charge in [0.15, 0.2) is 6.61 Å².